The van der Waals surface area contributed by atoms with Gasteiger partial charge < -0.3 is 9.47 Å². The van der Waals surface area contributed by atoms with E-state index in [1.54, 1.807) is 6.08 Å². The topological polar surface area (TPSA) is 82.0 Å². The van der Waals surface area contributed by atoms with E-state index in [1.807, 2.05) is 6.08 Å². The van der Waals surface area contributed by atoms with Crippen LogP contribution in [0.3, 0.4) is 0 Å². The first-order valence-electron chi connectivity index (χ1n) is 12.3. The minimum Gasteiger partial charge on any atom is -0.344 e. The number of rotatable bonds is 1. The monoisotopic (exact) mass is 439 g/mol. The second-order valence-corrected chi connectivity index (χ2v) is 12.0. The number of carbonyl (C=O) groups excluding carboxylic acids is 2. The number of hydrogen-bond acceptors (Lipinski definition) is 6. The van der Waals surface area contributed by atoms with Crippen molar-refractivity contribution in [2.45, 2.75) is 95.7 Å². The fourth-order valence-corrected chi connectivity index (χ4v) is 8.31. The Bertz CT molecular complexity index is 996. The fraction of sp³-hybridized carbons (Fsp3) is 0.769. The summed E-state index contributed by atoms with van der Waals surface area (Å²) < 4.78 is 13.7. The summed E-state index contributed by atoms with van der Waals surface area (Å²) in [6.07, 6.45) is 8.64. The van der Waals surface area contributed by atoms with E-state index in [4.69, 9.17) is 9.47 Å². The molecule has 0 aromatic carbocycles. The number of hydrogen-bond donors (Lipinski definition) is 0. The molecule has 32 heavy (non-hydrogen) atoms. The van der Waals surface area contributed by atoms with Crippen molar-refractivity contribution in [3.05, 3.63) is 28.2 Å². The van der Waals surface area contributed by atoms with Crippen LogP contribution in [0.1, 0.15) is 72.6 Å². The molecule has 0 amide bonds. The van der Waals surface area contributed by atoms with E-state index in [1.165, 1.54) is 0 Å². The molecule has 8 atom stereocenters. The molecule has 0 aromatic rings. The maximum atomic E-state index is 13.4. The number of ketones is 2. The van der Waals surface area contributed by atoms with Gasteiger partial charge in [0, 0.05) is 42.4 Å². The Morgan fingerprint density at radius 3 is 2.50 bits per heavy atom. The summed E-state index contributed by atoms with van der Waals surface area (Å²) in [7, 11) is 0. The van der Waals surface area contributed by atoms with Gasteiger partial charge in [-0.1, -0.05) is 25.1 Å². The lowest BCUT2D eigenvalue weighted by molar-refractivity contribution is -0.342. The smallest absolute Gasteiger partial charge is 0.173 e. The highest BCUT2D eigenvalue weighted by Gasteiger charge is 2.71. The van der Waals surface area contributed by atoms with Crippen molar-refractivity contribution in [2.75, 3.05) is 0 Å². The van der Waals surface area contributed by atoms with Gasteiger partial charge in [0.1, 0.15) is 17.4 Å². The molecule has 6 aliphatic rings. The lowest BCUT2D eigenvalue weighted by atomic mass is 9.52. The van der Waals surface area contributed by atoms with Gasteiger partial charge in [-0.25, -0.2) is 0 Å². The highest BCUT2D eigenvalue weighted by molar-refractivity contribution is 6.00. The molecule has 2 bridgehead atoms. The Balaban J connectivity index is 1.53. The third-order valence-corrected chi connectivity index (χ3v) is 10.0. The summed E-state index contributed by atoms with van der Waals surface area (Å²) >= 11 is 0. The molecule has 0 radical (unpaired) electrons. The standard InChI is InChI=1S/C26H33NO5/c1-14-16-6-8-25(32-26(14)10-9-23(2,3)31-26)18-13-21(29)19-11-15(28)5-7-24(19,4)17(18)12-20(27-30)22(16)25/h12-14,16,19-20,22H,5-11H2,1-4H3/t14-,16+,19?,20?,22?,24?,25-,26+/m0/s1. The largest absolute Gasteiger partial charge is 0.344 e. The van der Waals surface area contributed by atoms with Crippen molar-refractivity contribution in [3.8, 4) is 0 Å². The van der Waals surface area contributed by atoms with Crippen LogP contribution >= 0.6 is 0 Å². The number of ether oxygens (including phenoxy) is 2. The molecule has 2 saturated heterocycles. The molecule has 4 fully saturated rings. The van der Waals surface area contributed by atoms with Crippen LogP contribution in [0.25, 0.3) is 0 Å². The summed E-state index contributed by atoms with van der Waals surface area (Å²) in [5.41, 5.74) is 0.543. The highest BCUT2D eigenvalue weighted by Crippen LogP contribution is 2.68. The molecule has 2 aliphatic heterocycles. The molecule has 2 saturated carbocycles. The highest BCUT2D eigenvalue weighted by atomic mass is 16.7. The van der Waals surface area contributed by atoms with E-state index in [0.29, 0.717) is 12.8 Å². The van der Waals surface area contributed by atoms with Crippen LogP contribution in [-0.2, 0) is 19.1 Å². The van der Waals surface area contributed by atoms with Crippen LogP contribution < -0.4 is 0 Å². The van der Waals surface area contributed by atoms with Gasteiger partial charge in [0.15, 0.2) is 11.6 Å². The first-order valence-corrected chi connectivity index (χ1v) is 12.3. The van der Waals surface area contributed by atoms with Gasteiger partial charge in [0.25, 0.3) is 0 Å². The molecular formula is C26H33NO5. The van der Waals surface area contributed by atoms with E-state index in [-0.39, 0.29) is 47.3 Å². The zero-order valence-corrected chi connectivity index (χ0v) is 19.5. The maximum Gasteiger partial charge on any atom is 0.173 e. The zero-order valence-electron chi connectivity index (χ0n) is 19.5. The number of fused-ring (bicyclic) bond motifs is 3. The van der Waals surface area contributed by atoms with Crippen LogP contribution in [0.15, 0.2) is 28.5 Å². The second kappa shape index (κ2) is 6.26. The van der Waals surface area contributed by atoms with Gasteiger partial charge in [0.05, 0.1) is 5.60 Å². The number of nitroso groups, excluding NO2 is 1. The molecular weight excluding hydrogens is 406 g/mol. The molecule has 172 valence electrons. The first kappa shape index (κ1) is 20.9. The van der Waals surface area contributed by atoms with Crippen molar-refractivity contribution in [3.63, 3.8) is 0 Å². The minimum atomic E-state index is -0.717. The van der Waals surface area contributed by atoms with Crippen LogP contribution in [0.4, 0.5) is 0 Å². The predicted octanol–water partition coefficient (Wildman–Crippen LogP) is 4.66. The van der Waals surface area contributed by atoms with E-state index in [9.17, 15) is 14.5 Å². The average Bonchev–Trinajstić information content (AvgIpc) is 3.23. The van der Waals surface area contributed by atoms with Gasteiger partial charge in [0.2, 0.25) is 0 Å². The van der Waals surface area contributed by atoms with E-state index < -0.39 is 22.8 Å². The Kier molecular flexibility index (Phi) is 4.09. The maximum absolute atomic E-state index is 13.4. The van der Waals surface area contributed by atoms with Crippen LogP contribution in [0.5, 0.6) is 0 Å². The molecule has 2 heterocycles. The molecule has 6 heteroatoms. The van der Waals surface area contributed by atoms with Crippen LogP contribution in [-0.4, -0.2) is 34.6 Å². The molecule has 6 rings (SSSR count). The summed E-state index contributed by atoms with van der Waals surface area (Å²) in [4.78, 5) is 37.8. The predicted molar refractivity (Wildman–Crippen MR) is 118 cm³/mol. The van der Waals surface area contributed by atoms with Gasteiger partial charge >= 0.3 is 0 Å². The first-order chi connectivity index (χ1) is 15.1. The van der Waals surface area contributed by atoms with Crippen LogP contribution in [0, 0.1) is 34.0 Å². The molecule has 6 nitrogen and oxygen atoms in total. The van der Waals surface area contributed by atoms with Gasteiger partial charge in [-0.3, -0.25) is 9.59 Å². The van der Waals surface area contributed by atoms with Gasteiger partial charge in [-0.2, -0.15) is 4.91 Å². The minimum absolute atomic E-state index is 0.0331. The Hall–Kier alpha value is -1.66. The summed E-state index contributed by atoms with van der Waals surface area (Å²) in [6, 6.07) is -0.479. The van der Waals surface area contributed by atoms with Crippen LogP contribution in [0.2, 0.25) is 0 Å². The Morgan fingerprint density at radius 1 is 1.03 bits per heavy atom. The fourth-order valence-electron chi connectivity index (χ4n) is 8.31. The molecule has 0 aromatic heterocycles. The third-order valence-electron chi connectivity index (χ3n) is 10.0. The average molecular weight is 440 g/mol. The van der Waals surface area contributed by atoms with Crippen molar-refractivity contribution in [1.82, 2.24) is 0 Å². The summed E-state index contributed by atoms with van der Waals surface area (Å²) in [6.45, 7) is 8.52. The molecule has 1 spiro atoms. The quantitative estimate of drug-likeness (QED) is 0.555. The van der Waals surface area contributed by atoms with E-state index in [0.717, 1.165) is 36.8 Å². The van der Waals surface area contributed by atoms with E-state index >= 15 is 0 Å². The zero-order chi connectivity index (χ0) is 22.7. The number of nitrogens with zero attached hydrogens (tertiary/aromatic N) is 1. The summed E-state index contributed by atoms with van der Waals surface area (Å²) in [5, 5.41) is 3.61. The number of allylic oxidation sites excluding steroid dienone is 1. The summed E-state index contributed by atoms with van der Waals surface area (Å²) in [5.74, 6) is -0.519. The van der Waals surface area contributed by atoms with Crippen molar-refractivity contribution < 1.29 is 19.1 Å². The van der Waals surface area contributed by atoms with Crippen molar-refractivity contribution in [1.29, 1.82) is 0 Å². The third kappa shape index (κ3) is 2.43. The Labute approximate surface area is 189 Å². The number of carbonyl (C=O) groups is 2. The van der Waals surface area contributed by atoms with Gasteiger partial charge in [-0.15, -0.1) is 0 Å². The number of Topliss-reactive ketones (excluding diaryl/α,β-unsaturated/α-hetero) is 1. The molecule has 0 N–H and O–H groups in total. The normalized spacial score (nSPS) is 50.9. The lowest BCUT2D eigenvalue weighted by Crippen LogP contribution is -2.63. The lowest BCUT2D eigenvalue weighted by Gasteiger charge is -2.59. The molecule has 4 unspecified atom stereocenters. The van der Waals surface area contributed by atoms with E-state index in [2.05, 4.69) is 32.9 Å². The Morgan fingerprint density at radius 2 is 1.81 bits per heavy atom. The van der Waals surface area contributed by atoms with Crippen molar-refractivity contribution >= 4 is 11.6 Å². The van der Waals surface area contributed by atoms with Crippen molar-refractivity contribution in [2.24, 2.45) is 34.3 Å². The SMILES string of the molecule is C[C@H]1[C@H]2CC[C@]3(O[C@]14CCC(C)(C)O4)C1=CC(=O)C4CC(=O)CCC4(C)C1=CC(N=O)C23. The second-order valence-electron chi connectivity index (χ2n) is 12.0. The molecule has 4 aliphatic carbocycles. The van der Waals surface area contributed by atoms with Gasteiger partial charge in [-0.05, 0) is 62.7 Å².